The number of carbonyl (C=O) groups excluding carboxylic acids is 1. The fourth-order valence-electron chi connectivity index (χ4n) is 3.53. The first-order chi connectivity index (χ1) is 13.8. The first kappa shape index (κ1) is 17.3. The van der Waals surface area contributed by atoms with Gasteiger partial charge in [0, 0.05) is 31.7 Å². The van der Waals surface area contributed by atoms with Gasteiger partial charge in [-0.25, -0.2) is 0 Å². The molecule has 0 saturated carbocycles. The number of nitrogens with zero attached hydrogens (tertiary/aromatic N) is 4. The van der Waals surface area contributed by atoms with Crippen molar-refractivity contribution in [1.29, 1.82) is 0 Å². The Labute approximate surface area is 170 Å². The summed E-state index contributed by atoms with van der Waals surface area (Å²) < 4.78 is 0. The van der Waals surface area contributed by atoms with E-state index < -0.39 is 0 Å². The second kappa shape index (κ2) is 7.33. The summed E-state index contributed by atoms with van der Waals surface area (Å²) in [6, 6.07) is 18.1. The third-order valence-corrected chi connectivity index (χ3v) is 7.03. The Morgan fingerprint density at radius 1 is 0.893 bits per heavy atom. The Morgan fingerprint density at radius 2 is 1.71 bits per heavy atom. The predicted octanol–water partition coefficient (Wildman–Crippen LogP) is 4.38. The Bertz CT molecular complexity index is 1110. The summed E-state index contributed by atoms with van der Waals surface area (Å²) >= 11 is 3.29. The van der Waals surface area contributed by atoms with Gasteiger partial charge >= 0.3 is 0 Å². The lowest BCUT2D eigenvalue weighted by molar-refractivity contribution is 0.0748. The second-order valence-electron chi connectivity index (χ2n) is 6.67. The van der Waals surface area contributed by atoms with Crippen LogP contribution in [0.1, 0.15) is 10.4 Å². The molecule has 0 aliphatic carbocycles. The molecule has 1 aliphatic heterocycles. The van der Waals surface area contributed by atoms with Gasteiger partial charge in [0.25, 0.3) is 5.91 Å². The lowest BCUT2D eigenvalue weighted by Crippen LogP contribution is -2.48. The normalized spacial score (nSPS) is 14.6. The van der Waals surface area contributed by atoms with Gasteiger partial charge in [0.05, 0.1) is 4.88 Å². The summed E-state index contributed by atoms with van der Waals surface area (Å²) in [6.07, 6.45) is 0. The summed E-state index contributed by atoms with van der Waals surface area (Å²) in [5.74, 6) is 0.105. The Kier molecular flexibility index (Phi) is 4.54. The predicted molar refractivity (Wildman–Crippen MR) is 115 cm³/mol. The van der Waals surface area contributed by atoms with Gasteiger partial charge in [-0.1, -0.05) is 53.8 Å². The molecule has 0 radical (unpaired) electrons. The fourth-order valence-corrected chi connectivity index (χ4v) is 5.21. The number of carbonyl (C=O) groups is 1. The zero-order valence-corrected chi connectivity index (χ0v) is 16.7. The van der Waals surface area contributed by atoms with Gasteiger partial charge in [-0.05, 0) is 28.3 Å². The molecule has 3 heterocycles. The Morgan fingerprint density at radius 3 is 2.54 bits per heavy atom. The topological polar surface area (TPSA) is 49.3 Å². The molecular weight excluding hydrogens is 388 g/mol. The third-order valence-electron chi connectivity index (χ3n) is 5.00. The fraction of sp³-hybridized carbons (Fsp3) is 0.190. The van der Waals surface area contributed by atoms with E-state index in [9.17, 15) is 4.79 Å². The van der Waals surface area contributed by atoms with Crippen LogP contribution in [0.5, 0.6) is 0 Å². The van der Waals surface area contributed by atoms with Crippen LogP contribution in [0.4, 0.5) is 5.13 Å². The van der Waals surface area contributed by atoms with Crippen LogP contribution < -0.4 is 4.90 Å². The number of aromatic nitrogens is 2. The average molecular weight is 407 g/mol. The molecule has 140 valence electrons. The van der Waals surface area contributed by atoms with Gasteiger partial charge < -0.3 is 9.80 Å². The molecule has 5 rings (SSSR count). The zero-order valence-electron chi connectivity index (χ0n) is 15.1. The number of anilines is 1. The molecule has 0 atom stereocenters. The van der Waals surface area contributed by atoms with E-state index in [-0.39, 0.29) is 5.91 Å². The minimum Gasteiger partial charge on any atom is -0.343 e. The largest absolute Gasteiger partial charge is 0.343 e. The maximum absolute atomic E-state index is 13.1. The van der Waals surface area contributed by atoms with E-state index in [1.165, 1.54) is 0 Å². The quantitative estimate of drug-likeness (QED) is 0.507. The summed E-state index contributed by atoms with van der Waals surface area (Å²) in [4.78, 5) is 18.4. The van der Waals surface area contributed by atoms with E-state index in [0.717, 1.165) is 44.4 Å². The highest BCUT2D eigenvalue weighted by Gasteiger charge is 2.25. The van der Waals surface area contributed by atoms with Crippen molar-refractivity contribution in [2.75, 3.05) is 31.1 Å². The summed E-state index contributed by atoms with van der Waals surface area (Å²) in [5.41, 5.74) is 0.780. The number of fused-ring (bicyclic) bond motifs is 1. The number of amides is 1. The molecule has 1 amide bonds. The van der Waals surface area contributed by atoms with Crippen LogP contribution in [0.25, 0.3) is 20.7 Å². The third kappa shape index (κ3) is 3.16. The van der Waals surface area contributed by atoms with Crippen LogP contribution in [0.15, 0.2) is 60.0 Å². The van der Waals surface area contributed by atoms with Crippen LogP contribution in [-0.4, -0.2) is 47.2 Å². The molecule has 1 fully saturated rings. The number of hydrogen-bond acceptors (Lipinski definition) is 6. The number of rotatable bonds is 3. The summed E-state index contributed by atoms with van der Waals surface area (Å²) in [7, 11) is 0. The molecule has 0 bridgehead atoms. The number of benzene rings is 2. The van der Waals surface area contributed by atoms with Gasteiger partial charge in [-0.3, -0.25) is 4.79 Å². The van der Waals surface area contributed by atoms with Gasteiger partial charge in [0.15, 0.2) is 5.01 Å². The standard InChI is InChI=1S/C21H18N4OS2/c26-20(17-8-3-6-15-5-1-2-7-16(15)17)24-10-12-25(13-11-24)21-23-22-19(28-21)18-9-4-14-27-18/h1-9,14H,10-13H2. The number of piperazine rings is 1. The van der Waals surface area contributed by atoms with Gasteiger partial charge in [-0.2, -0.15) is 0 Å². The van der Waals surface area contributed by atoms with Crippen molar-refractivity contribution in [2.24, 2.45) is 0 Å². The molecule has 28 heavy (non-hydrogen) atoms. The molecular formula is C21H18N4OS2. The minimum atomic E-state index is 0.105. The highest BCUT2D eigenvalue weighted by atomic mass is 32.1. The number of thiophene rings is 1. The number of hydrogen-bond donors (Lipinski definition) is 0. The highest BCUT2D eigenvalue weighted by molar-refractivity contribution is 7.22. The van der Waals surface area contributed by atoms with Crippen LogP contribution in [0.3, 0.4) is 0 Å². The SMILES string of the molecule is O=C(c1cccc2ccccc12)N1CCN(c2nnc(-c3cccs3)s2)CC1. The molecule has 0 spiro atoms. The molecule has 0 N–H and O–H groups in total. The van der Waals surface area contributed by atoms with Gasteiger partial charge in [-0.15, -0.1) is 21.5 Å². The van der Waals surface area contributed by atoms with E-state index in [1.807, 2.05) is 58.8 Å². The van der Waals surface area contributed by atoms with Crippen molar-refractivity contribution in [1.82, 2.24) is 15.1 Å². The molecule has 2 aromatic heterocycles. The molecule has 4 aromatic rings. The average Bonchev–Trinajstić information content (AvgIpc) is 3.45. The van der Waals surface area contributed by atoms with Crippen molar-refractivity contribution in [3.8, 4) is 9.88 Å². The second-order valence-corrected chi connectivity index (χ2v) is 8.58. The van der Waals surface area contributed by atoms with Crippen LogP contribution >= 0.6 is 22.7 Å². The van der Waals surface area contributed by atoms with Crippen LogP contribution in [0, 0.1) is 0 Å². The molecule has 5 nitrogen and oxygen atoms in total. The Balaban J connectivity index is 1.30. The first-order valence-corrected chi connectivity index (χ1v) is 10.9. The van der Waals surface area contributed by atoms with E-state index in [4.69, 9.17) is 0 Å². The maximum Gasteiger partial charge on any atom is 0.254 e. The lowest BCUT2D eigenvalue weighted by atomic mass is 10.0. The maximum atomic E-state index is 13.1. The molecule has 0 unspecified atom stereocenters. The molecule has 1 saturated heterocycles. The molecule has 7 heteroatoms. The summed E-state index contributed by atoms with van der Waals surface area (Å²) in [5, 5.41) is 14.7. The van der Waals surface area contributed by atoms with Gasteiger partial charge in [0.1, 0.15) is 0 Å². The smallest absolute Gasteiger partial charge is 0.254 e. The van der Waals surface area contributed by atoms with Crippen molar-refractivity contribution < 1.29 is 4.79 Å². The van der Waals surface area contributed by atoms with Crippen molar-refractivity contribution in [2.45, 2.75) is 0 Å². The first-order valence-electron chi connectivity index (χ1n) is 9.19. The lowest BCUT2D eigenvalue weighted by Gasteiger charge is -2.34. The highest BCUT2D eigenvalue weighted by Crippen LogP contribution is 2.32. The van der Waals surface area contributed by atoms with E-state index >= 15 is 0 Å². The molecule has 1 aliphatic rings. The summed E-state index contributed by atoms with van der Waals surface area (Å²) in [6.45, 7) is 2.93. The van der Waals surface area contributed by atoms with E-state index in [1.54, 1.807) is 22.7 Å². The molecule has 2 aromatic carbocycles. The van der Waals surface area contributed by atoms with Crippen LogP contribution in [-0.2, 0) is 0 Å². The monoisotopic (exact) mass is 406 g/mol. The van der Waals surface area contributed by atoms with Crippen molar-refractivity contribution >= 4 is 44.5 Å². The van der Waals surface area contributed by atoms with Crippen LogP contribution in [0.2, 0.25) is 0 Å². The minimum absolute atomic E-state index is 0.105. The van der Waals surface area contributed by atoms with Crippen molar-refractivity contribution in [3.05, 3.63) is 65.5 Å². The van der Waals surface area contributed by atoms with Crippen molar-refractivity contribution in [3.63, 3.8) is 0 Å². The van der Waals surface area contributed by atoms with E-state index in [2.05, 4.69) is 21.2 Å². The Hall–Kier alpha value is -2.77. The van der Waals surface area contributed by atoms with E-state index in [0.29, 0.717) is 13.1 Å². The zero-order chi connectivity index (χ0) is 18.9. The van der Waals surface area contributed by atoms with Gasteiger partial charge in [0.2, 0.25) is 5.13 Å².